The van der Waals surface area contributed by atoms with Gasteiger partial charge in [-0.15, -0.1) is 0 Å². The topological polar surface area (TPSA) is 82.8 Å². The van der Waals surface area contributed by atoms with Crippen molar-refractivity contribution in [3.63, 3.8) is 0 Å². The van der Waals surface area contributed by atoms with Crippen LogP contribution in [0, 0.1) is 0 Å². The molecule has 0 saturated heterocycles. The Balaban J connectivity index is 1.86. The third-order valence-corrected chi connectivity index (χ3v) is 3.33. The fourth-order valence-corrected chi connectivity index (χ4v) is 1.76. The van der Waals surface area contributed by atoms with Gasteiger partial charge >= 0.3 is 0 Å². The summed E-state index contributed by atoms with van der Waals surface area (Å²) in [5.41, 5.74) is 7.04. The van der Waals surface area contributed by atoms with Gasteiger partial charge in [0.1, 0.15) is 6.04 Å². The van der Waals surface area contributed by atoms with E-state index >= 15 is 0 Å². The van der Waals surface area contributed by atoms with E-state index in [0.29, 0.717) is 5.89 Å². The molecule has 2 N–H and O–H groups in total. The van der Waals surface area contributed by atoms with Gasteiger partial charge < -0.3 is 10.3 Å². The summed E-state index contributed by atoms with van der Waals surface area (Å²) in [6.07, 6.45) is 5.81. The van der Waals surface area contributed by atoms with E-state index in [1.807, 2.05) is 13.2 Å². The first-order valence-corrected chi connectivity index (χ1v) is 5.67. The molecule has 6 nitrogen and oxygen atoms in total. The number of hydrogen-bond donors (Lipinski definition) is 1. The van der Waals surface area contributed by atoms with Crippen LogP contribution in [-0.2, 0) is 12.5 Å². The zero-order valence-corrected chi connectivity index (χ0v) is 9.92. The molecule has 1 atom stereocenters. The van der Waals surface area contributed by atoms with Crippen LogP contribution >= 0.6 is 0 Å². The maximum Gasteiger partial charge on any atom is 0.248 e. The van der Waals surface area contributed by atoms with Crippen molar-refractivity contribution in [2.75, 3.05) is 0 Å². The van der Waals surface area contributed by atoms with Gasteiger partial charge in [-0.05, 0) is 12.8 Å². The Labute approximate surface area is 98.8 Å². The molecule has 0 aliphatic heterocycles. The van der Waals surface area contributed by atoms with E-state index < -0.39 is 6.04 Å². The minimum absolute atomic E-state index is 0.108. The summed E-state index contributed by atoms with van der Waals surface area (Å²) in [4.78, 5) is 4.39. The molecular weight excluding hydrogens is 218 g/mol. The molecule has 17 heavy (non-hydrogen) atoms. The van der Waals surface area contributed by atoms with Gasteiger partial charge in [-0.2, -0.15) is 10.1 Å². The number of hydrogen-bond acceptors (Lipinski definition) is 5. The molecule has 1 saturated carbocycles. The molecule has 0 amide bonds. The standard InChI is InChI=1S/C11H15N5O/c1-11(3-4-11)10-14-9(17-15-10)8(12)7-5-13-16(2)6-7/h5-6,8H,3-4,12H2,1-2H3. The lowest BCUT2D eigenvalue weighted by Crippen LogP contribution is -2.12. The fourth-order valence-electron chi connectivity index (χ4n) is 1.76. The quantitative estimate of drug-likeness (QED) is 0.851. The van der Waals surface area contributed by atoms with Crippen molar-refractivity contribution in [2.45, 2.75) is 31.2 Å². The van der Waals surface area contributed by atoms with Crippen molar-refractivity contribution in [3.8, 4) is 0 Å². The third-order valence-electron chi connectivity index (χ3n) is 3.33. The van der Waals surface area contributed by atoms with Gasteiger partial charge in [0, 0.05) is 24.2 Å². The smallest absolute Gasteiger partial charge is 0.248 e. The van der Waals surface area contributed by atoms with E-state index in [9.17, 15) is 0 Å². The van der Waals surface area contributed by atoms with Crippen LogP contribution in [0.25, 0.3) is 0 Å². The van der Waals surface area contributed by atoms with Crippen LogP contribution in [0.2, 0.25) is 0 Å². The lowest BCUT2D eigenvalue weighted by atomic mass is 10.1. The predicted molar refractivity (Wildman–Crippen MR) is 60.1 cm³/mol. The predicted octanol–water partition coefficient (Wildman–Crippen LogP) is 0.903. The normalized spacial score (nSPS) is 19.2. The summed E-state index contributed by atoms with van der Waals surface area (Å²) in [6, 6.07) is -0.396. The molecule has 2 aromatic heterocycles. The summed E-state index contributed by atoms with van der Waals surface area (Å²) in [7, 11) is 1.85. The molecule has 1 fully saturated rings. The highest BCUT2D eigenvalue weighted by Crippen LogP contribution is 2.46. The summed E-state index contributed by atoms with van der Waals surface area (Å²) >= 11 is 0. The van der Waals surface area contributed by atoms with Gasteiger partial charge in [0.05, 0.1) is 6.20 Å². The van der Waals surface area contributed by atoms with E-state index in [1.165, 1.54) is 0 Å². The molecule has 1 aliphatic rings. The van der Waals surface area contributed by atoms with Gasteiger partial charge in [0.2, 0.25) is 5.89 Å². The molecule has 90 valence electrons. The van der Waals surface area contributed by atoms with Crippen molar-refractivity contribution >= 4 is 0 Å². The largest absolute Gasteiger partial charge is 0.337 e. The number of rotatable bonds is 3. The van der Waals surface area contributed by atoms with Crippen molar-refractivity contribution in [1.82, 2.24) is 19.9 Å². The highest BCUT2D eigenvalue weighted by Gasteiger charge is 2.43. The fraction of sp³-hybridized carbons (Fsp3) is 0.545. The van der Waals surface area contributed by atoms with Crippen LogP contribution < -0.4 is 5.73 Å². The first-order chi connectivity index (χ1) is 8.08. The number of nitrogens with zero attached hydrogens (tertiary/aromatic N) is 4. The second kappa shape index (κ2) is 3.40. The third kappa shape index (κ3) is 1.74. The summed E-state index contributed by atoms with van der Waals surface area (Å²) in [6.45, 7) is 2.14. The van der Waals surface area contributed by atoms with E-state index in [0.717, 1.165) is 24.2 Å². The first kappa shape index (κ1) is 10.5. The molecule has 0 radical (unpaired) electrons. The Morgan fingerprint density at radius 1 is 1.53 bits per heavy atom. The highest BCUT2D eigenvalue weighted by molar-refractivity contribution is 5.20. The van der Waals surface area contributed by atoms with Crippen LogP contribution in [0.3, 0.4) is 0 Å². The second-order valence-corrected chi connectivity index (χ2v) is 4.94. The molecule has 3 rings (SSSR count). The Hall–Kier alpha value is -1.69. The maximum absolute atomic E-state index is 6.06. The van der Waals surface area contributed by atoms with Gasteiger partial charge in [0.25, 0.3) is 0 Å². The Morgan fingerprint density at radius 3 is 2.88 bits per heavy atom. The van der Waals surface area contributed by atoms with Crippen LogP contribution in [-0.4, -0.2) is 19.9 Å². The van der Waals surface area contributed by atoms with Gasteiger partial charge in [-0.25, -0.2) is 0 Å². The summed E-state index contributed by atoms with van der Waals surface area (Å²) in [5.74, 6) is 1.23. The van der Waals surface area contributed by atoms with E-state index in [1.54, 1.807) is 10.9 Å². The molecular formula is C11H15N5O. The van der Waals surface area contributed by atoms with E-state index in [2.05, 4.69) is 22.2 Å². The SMILES string of the molecule is Cn1cc(C(N)c2nc(C3(C)CC3)no2)cn1. The molecule has 1 aliphatic carbocycles. The van der Waals surface area contributed by atoms with Crippen molar-refractivity contribution in [1.29, 1.82) is 0 Å². The van der Waals surface area contributed by atoms with E-state index in [-0.39, 0.29) is 5.41 Å². The lowest BCUT2D eigenvalue weighted by molar-refractivity contribution is 0.359. The van der Waals surface area contributed by atoms with Crippen molar-refractivity contribution in [2.24, 2.45) is 12.8 Å². The van der Waals surface area contributed by atoms with Crippen LogP contribution in [0.4, 0.5) is 0 Å². The maximum atomic E-state index is 6.06. The van der Waals surface area contributed by atoms with Crippen LogP contribution in [0.5, 0.6) is 0 Å². The first-order valence-electron chi connectivity index (χ1n) is 5.67. The Kier molecular flexibility index (Phi) is 2.09. The van der Waals surface area contributed by atoms with Crippen molar-refractivity contribution in [3.05, 3.63) is 29.7 Å². The Morgan fingerprint density at radius 2 is 2.29 bits per heavy atom. The number of nitrogens with two attached hydrogens (primary N) is 1. The number of aromatic nitrogens is 4. The van der Waals surface area contributed by atoms with Crippen LogP contribution in [0.1, 0.15) is 43.1 Å². The molecule has 2 heterocycles. The summed E-state index contributed by atoms with van der Waals surface area (Å²) < 4.78 is 6.94. The minimum atomic E-state index is -0.396. The lowest BCUT2D eigenvalue weighted by Gasteiger charge is -2.02. The zero-order chi connectivity index (χ0) is 12.0. The highest BCUT2D eigenvalue weighted by atomic mass is 16.5. The van der Waals surface area contributed by atoms with Gasteiger partial charge in [-0.3, -0.25) is 4.68 Å². The minimum Gasteiger partial charge on any atom is -0.337 e. The average Bonchev–Trinajstić information content (AvgIpc) is 2.78. The van der Waals surface area contributed by atoms with E-state index in [4.69, 9.17) is 10.3 Å². The molecule has 1 unspecified atom stereocenters. The Bertz CT molecular complexity index is 540. The van der Waals surface area contributed by atoms with Gasteiger partial charge in [0.15, 0.2) is 5.82 Å². The molecule has 2 aromatic rings. The summed E-state index contributed by atoms with van der Waals surface area (Å²) in [5, 5.41) is 8.09. The molecule has 0 aromatic carbocycles. The van der Waals surface area contributed by atoms with Gasteiger partial charge in [-0.1, -0.05) is 12.1 Å². The molecule has 6 heteroatoms. The monoisotopic (exact) mass is 233 g/mol. The van der Waals surface area contributed by atoms with Crippen molar-refractivity contribution < 1.29 is 4.52 Å². The molecule has 0 spiro atoms. The second-order valence-electron chi connectivity index (χ2n) is 4.94. The average molecular weight is 233 g/mol. The molecule has 0 bridgehead atoms. The van der Waals surface area contributed by atoms with Crippen LogP contribution in [0.15, 0.2) is 16.9 Å². The number of aryl methyl sites for hydroxylation is 1. The zero-order valence-electron chi connectivity index (χ0n) is 9.92.